The van der Waals surface area contributed by atoms with Crippen LogP contribution in [0.4, 0.5) is 11.6 Å². The summed E-state index contributed by atoms with van der Waals surface area (Å²) in [5.41, 5.74) is 5.67. The van der Waals surface area contributed by atoms with Gasteiger partial charge in [-0.25, -0.2) is 4.98 Å². The van der Waals surface area contributed by atoms with E-state index in [1.807, 2.05) is 0 Å². The monoisotopic (exact) mass is 230 g/mol. The van der Waals surface area contributed by atoms with Crippen LogP contribution in [0.15, 0.2) is 0 Å². The quantitative estimate of drug-likeness (QED) is 0.725. The van der Waals surface area contributed by atoms with Gasteiger partial charge in [0.25, 0.3) is 0 Å². The van der Waals surface area contributed by atoms with Crippen molar-refractivity contribution >= 4 is 35.5 Å². The first-order valence-corrected chi connectivity index (χ1v) is 5.27. The summed E-state index contributed by atoms with van der Waals surface area (Å²) < 4.78 is 0.383. The van der Waals surface area contributed by atoms with Crippen molar-refractivity contribution in [3.63, 3.8) is 0 Å². The summed E-state index contributed by atoms with van der Waals surface area (Å²) in [4.78, 5) is 9.03. The molecule has 0 saturated carbocycles. The number of aromatic amines is 1. The van der Waals surface area contributed by atoms with E-state index >= 15 is 0 Å². The maximum atomic E-state index is 6.04. The summed E-state index contributed by atoms with van der Waals surface area (Å²) in [5, 5.41) is 0.473. The van der Waals surface area contributed by atoms with Crippen molar-refractivity contribution in [1.82, 2.24) is 9.97 Å². The van der Waals surface area contributed by atoms with E-state index in [-0.39, 0.29) is 0 Å². The summed E-state index contributed by atoms with van der Waals surface area (Å²) in [6, 6.07) is 0. The molecule has 1 fully saturated rings. The zero-order valence-electron chi connectivity index (χ0n) is 7.59. The molecule has 76 valence electrons. The van der Waals surface area contributed by atoms with Crippen LogP contribution in [-0.2, 0) is 0 Å². The van der Waals surface area contributed by atoms with Gasteiger partial charge in [-0.1, -0.05) is 11.6 Å². The first-order chi connectivity index (χ1) is 6.68. The highest BCUT2D eigenvalue weighted by molar-refractivity contribution is 7.71. The van der Waals surface area contributed by atoms with Gasteiger partial charge in [-0.05, 0) is 25.1 Å². The number of anilines is 2. The van der Waals surface area contributed by atoms with Crippen molar-refractivity contribution < 1.29 is 0 Å². The Labute approximate surface area is 92.1 Å². The lowest BCUT2D eigenvalue weighted by Crippen LogP contribution is -2.20. The fraction of sp³-hybridized carbons (Fsp3) is 0.500. The Morgan fingerprint density at radius 2 is 2.07 bits per heavy atom. The number of hydrogen-bond donors (Lipinski definition) is 2. The van der Waals surface area contributed by atoms with E-state index in [1.165, 1.54) is 12.8 Å². The summed E-state index contributed by atoms with van der Waals surface area (Å²) in [6.45, 7) is 1.95. The zero-order chi connectivity index (χ0) is 10.1. The largest absolute Gasteiger partial charge is 0.384 e. The lowest BCUT2D eigenvalue weighted by atomic mass is 10.4. The van der Waals surface area contributed by atoms with Crippen LogP contribution in [0.5, 0.6) is 0 Å². The molecule has 0 aliphatic carbocycles. The average molecular weight is 231 g/mol. The molecule has 1 aliphatic rings. The molecular formula is C8H11ClN4S. The molecule has 0 amide bonds. The van der Waals surface area contributed by atoms with E-state index in [9.17, 15) is 0 Å². The number of halogens is 1. The molecule has 3 N–H and O–H groups in total. The molecule has 0 unspecified atom stereocenters. The van der Waals surface area contributed by atoms with Crippen LogP contribution in [0.1, 0.15) is 12.8 Å². The number of hydrogen-bond acceptors (Lipinski definition) is 4. The highest BCUT2D eigenvalue weighted by Gasteiger charge is 2.18. The normalized spacial score (nSPS) is 16.2. The minimum Gasteiger partial charge on any atom is -0.384 e. The number of nitrogen functional groups attached to an aromatic ring is 1. The Kier molecular flexibility index (Phi) is 2.60. The lowest BCUT2D eigenvalue weighted by molar-refractivity contribution is 0.924. The third kappa shape index (κ3) is 1.69. The number of aromatic nitrogens is 2. The Bertz CT molecular complexity index is 397. The predicted molar refractivity (Wildman–Crippen MR) is 60.3 cm³/mol. The molecule has 2 heterocycles. The van der Waals surface area contributed by atoms with Gasteiger partial charge in [0, 0.05) is 13.1 Å². The molecule has 0 atom stereocenters. The average Bonchev–Trinajstić information content (AvgIpc) is 2.63. The molecular weight excluding hydrogens is 220 g/mol. The summed E-state index contributed by atoms with van der Waals surface area (Å²) in [6.07, 6.45) is 2.34. The third-order valence-corrected chi connectivity index (χ3v) is 2.85. The van der Waals surface area contributed by atoms with Gasteiger partial charge in [0.2, 0.25) is 0 Å². The van der Waals surface area contributed by atoms with Crippen LogP contribution in [0, 0.1) is 4.77 Å². The van der Waals surface area contributed by atoms with Crippen molar-refractivity contribution in [2.45, 2.75) is 12.8 Å². The van der Waals surface area contributed by atoms with Gasteiger partial charge in [0.1, 0.15) is 10.8 Å². The van der Waals surface area contributed by atoms with Gasteiger partial charge in [0.15, 0.2) is 10.6 Å². The van der Waals surface area contributed by atoms with E-state index < -0.39 is 0 Å². The minimum atomic E-state index is 0.383. The van der Waals surface area contributed by atoms with E-state index in [2.05, 4.69) is 14.9 Å². The first kappa shape index (κ1) is 9.73. The van der Waals surface area contributed by atoms with Crippen LogP contribution in [0.2, 0.25) is 5.02 Å². The second-order valence-corrected chi connectivity index (χ2v) is 4.05. The molecule has 1 saturated heterocycles. The Balaban J connectivity index is 2.45. The second-order valence-electron chi connectivity index (χ2n) is 3.29. The summed E-state index contributed by atoms with van der Waals surface area (Å²) in [5.74, 6) is 1.11. The van der Waals surface area contributed by atoms with Crippen LogP contribution in [0.3, 0.4) is 0 Å². The minimum absolute atomic E-state index is 0.383. The van der Waals surface area contributed by atoms with E-state index in [1.54, 1.807) is 0 Å². The topological polar surface area (TPSA) is 57.9 Å². The van der Waals surface area contributed by atoms with Crippen LogP contribution >= 0.6 is 23.8 Å². The van der Waals surface area contributed by atoms with Crippen LogP contribution in [0.25, 0.3) is 0 Å². The molecule has 1 aromatic rings. The fourth-order valence-electron chi connectivity index (χ4n) is 1.60. The molecule has 0 bridgehead atoms. The lowest BCUT2D eigenvalue weighted by Gasteiger charge is -2.17. The van der Waals surface area contributed by atoms with Gasteiger partial charge in [-0.2, -0.15) is 0 Å². The smallest absolute Gasteiger partial charge is 0.200 e. The molecule has 2 rings (SSSR count). The molecule has 14 heavy (non-hydrogen) atoms. The third-order valence-electron chi connectivity index (χ3n) is 2.29. The predicted octanol–water partition coefficient (Wildman–Crippen LogP) is 1.97. The van der Waals surface area contributed by atoms with Crippen molar-refractivity contribution in [2.24, 2.45) is 0 Å². The number of rotatable bonds is 1. The maximum absolute atomic E-state index is 6.04. The molecule has 0 aromatic carbocycles. The number of nitrogens with two attached hydrogens (primary N) is 1. The van der Waals surface area contributed by atoms with Crippen molar-refractivity contribution in [3.8, 4) is 0 Å². The Morgan fingerprint density at radius 3 is 2.71 bits per heavy atom. The van der Waals surface area contributed by atoms with E-state index in [4.69, 9.17) is 29.6 Å². The summed E-state index contributed by atoms with van der Waals surface area (Å²) >= 11 is 11.0. The maximum Gasteiger partial charge on any atom is 0.200 e. The number of nitrogens with zero attached hydrogens (tertiary/aromatic N) is 2. The molecule has 1 aliphatic heterocycles. The van der Waals surface area contributed by atoms with Crippen molar-refractivity contribution in [1.29, 1.82) is 0 Å². The van der Waals surface area contributed by atoms with E-state index in [0.29, 0.717) is 21.4 Å². The van der Waals surface area contributed by atoms with Crippen molar-refractivity contribution in [2.75, 3.05) is 23.7 Å². The first-order valence-electron chi connectivity index (χ1n) is 4.49. The highest BCUT2D eigenvalue weighted by Crippen LogP contribution is 2.29. The molecule has 1 aromatic heterocycles. The van der Waals surface area contributed by atoms with Gasteiger partial charge in [-0.15, -0.1) is 0 Å². The highest BCUT2D eigenvalue weighted by atomic mass is 35.5. The Hall–Kier alpha value is -0.810. The number of H-pyrrole nitrogens is 1. The molecule has 0 spiro atoms. The van der Waals surface area contributed by atoms with Crippen LogP contribution in [-0.4, -0.2) is 23.1 Å². The fourth-order valence-corrected chi connectivity index (χ4v) is 2.01. The Morgan fingerprint density at radius 1 is 1.43 bits per heavy atom. The number of nitrogens with one attached hydrogen (secondary N) is 1. The zero-order valence-corrected chi connectivity index (χ0v) is 9.16. The van der Waals surface area contributed by atoms with Gasteiger partial charge >= 0.3 is 0 Å². The van der Waals surface area contributed by atoms with E-state index in [0.717, 1.165) is 13.1 Å². The molecule has 0 radical (unpaired) electrons. The van der Waals surface area contributed by atoms with Gasteiger partial charge < -0.3 is 15.6 Å². The van der Waals surface area contributed by atoms with Crippen molar-refractivity contribution in [3.05, 3.63) is 9.79 Å². The molecule has 6 heteroatoms. The molecule has 4 nitrogen and oxygen atoms in total. The van der Waals surface area contributed by atoms with Gasteiger partial charge in [-0.3, -0.25) is 0 Å². The summed E-state index contributed by atoms with van der Waals surface area (Å²) in [7, 11) is 0. The second kappa shape index (κ2) is 3.74. The van der Waals surface area contributed by atoms with Crippen LogP contribution < -0.4 is 10.6 Å². The standard InChI is InChI=1S/C8H11ClN4S/c9-5-6(10)11-8(14)12-7(5)13-3-1-2-4-13/h1-4H2,(H3,10,11,12,14). The van der Waals surface area contributed by atoms with Gasteiger partial charge in [0.05, 0.1) is 0 Å². The SMILES string of the molecule is Nc1[nH]c(=S)nc(N2CCCC2)c1Cl.